The van der Waals surface area contributed by atoms with Crippen molar-refractivity contribution in [3.05, 3.63) is 102 Å². The van der Waals surface area contributed by atoms with Gasteiger partial charge in [-0.25, -0.2) is 0 Å². The molecule has 0 saturated heterocycles. The number of para-hydroxylation sites is 1. The number of nitrogens with zero attached hydrogens (tertiary/aromatic N) is 1. The summed E-state index contributed by atoms with van der Waals surface area (Å²) in [4.78, 5) is 4.46. The van der Waals surface area contributed by atoms with Crippen molar-refractivity contribution in [2.45, 2.75) is 5.60 Å². The average Bonchev–Trinajstić information content (AvgIpc) is 2.62. The minimum absolute atomic E-state index is 0.792. The van der Waals surface area contributed by atoms with Gasteiger partial charge in [-0.3, -0.25) is 4.99 Å². The molecular formula is C20H17NO. The molecule has 0 aliphatic carbocycles. The summed E-state index contributed by atoms with van der Waals surface area (Å²) in [5.74, 6) is 0. The van der Waals surface area contributed by atoms with Crippen LogP contribution in [-0.2, 0) is 5.60 Å². The average molecular weight is 287 g/mol. The maximum atomic E-state index is 11.3. The van der Waals surface area contributed by atoms with E-state index in [1.54, 1.807) is 6.21 Å². The zero-order valence-electron chi connectivity index (χ0n) is 12.1. The highest BCUT2D eigenvalue weighted by Gasteiger charge is 2.29. The Labute approximate surface area is 130 Å². The van der Waals surface area contributed by atoms with Gasteiger partial charge in [-0.05, 0) is 23.3 Å². The van der Waals surface area contributed by atoms with Crippen molar-refractivity contribution in [3.8, 4) is 0 Å². The fraction of sp³-hybridized carbons (Fsp3) is 0.0500. The Morgan fingerprint density at radius 1 is 0.636 bits per heavy atom. The van der Waals surface area contributed by atoms with E-state index in [0.717, 1.165) is 16.8 Å². The van der Waals surface area contributed by atoms with Crippen LogP contribution in [0.1, 0.15) is 11.1 Å². The lowest BCUT2D eigenvalue weighted by molar-refractivity contribution is 0.161. The zero-order valence-corrected chi connectivity index (χ0v) is 12.1. The van der Waals surface area contributed by atoms with E-state index in [-0.39, 0.29) is 0 Å². The summed E-state index contributed by atoms with van der Waals surface area (Å²) >= 11 is 0. The lowest BCUT2D eigenvalue weighted by atomic mass is 9.87. The lowest BCUT2D eigenvalue weighted by Gasteiger charge is -2.25. The van der Waals surface area contributed by atoms with Crippen molar-refractivity contribution in [1.29, 1.82) is 0 Å². The fourth-order valence-electron chi connectivity index (χ4n) is 2.38. The molecule has 22 heavy (non-hydrogen) atoms. The summed E-state index contributed by atoms with van der Waals surface area (Å²) in [6.07, 6.45) is 1.60. The van der Waals surface area contributed by atoms with E-state index in [2.05, 4.69) is 4.99 Å². The van der Waals surface area contributed by atoms with Gasteiger partial charge in [0.15, 0.2) is 5.60 Å². The van der Waals surface area contributed by atoms with Crippen molar-refractivity contribution in [2.24, 2.45) is 4.99 Å². The highest BCUT2D eigenvalue weighted by atomic mass is 16.3. The van der Waals surface area contributed by atoms with Crippen LogP contribution in [0.25, 0.3) is 0 Å². The van der Waals surface area contributed by atoms with Gasteiger partial charge in [0.2, 0.25) is 0 Å². The molecule has 0 amide bonds. The molecule has 0 saturated carbocycles. The van der Waals surface area contributed by atoms with Gasteiger partial charge in [0, 0.05) is 6.21 Å². The Balaban J connectivity index is 2.06. The predicted octanol–water partition coefficient (Wildman–Crippen LogP) is 4.33. The third-order valence-corrected chi connectivity index (χ3v) is 3.58. The summed E-state index contributed by atoms with van der Waals surface area (Å²) < 4.78 is 0. The second-order valence-electron chi connectivity index (χ2n) is 5.09. The van der Waals surface area contributed by atoms with Crippen molar-refractivity contribution >= 4 is 11.9 Å². The molecule has 2 nitrogen and oxygen atoms in total. The molecule has 1 N–H and O–H groups in total. The number of hydrogen-bond acceptors (Lipinski definition) is 2. The number of aliphatic hydroxyl groups is 1. The van der Waals surface area contributed by atoms with Crippen LogP contribution in [0.4, 0.5) is 5.69 Å². The third kappa shape index (κ3) is 2.97. The minimum atomic E-state index is -1.25. The van der Waals surface area contributed by atoms with E-state index < -0.39 is 5.60 Å². The molecule has 0 aliphatic rings. The molecule has 0 radical (unpaired) electrons. The standard InChI is InChI=1S/C20H17NO/c22-20(17-10-4-1-5-11-17,18-12-6-2-7-13-18)16-21-19-14-8-3-9-15-19/h1-16,22H. The van der Waals surface area contributed by atoms with Crippen molar-refractivity contribution in [3.63, 3.8) is 0 Å². The van der Waals surface area contributed by atoms with Crippen molar-refractivity contribution in [2.75, 3.05) is 0 Å². The van der Waals surface area contributed by atoms with Gasteiger partial charge >= 0.3 is 0 Å². The fourth-order valence-corrected chi connectivity index (χ4v) is 2.38. The second-order valence-corrected chi connectivity index (χ2v) is 5.09. The van der Waals surface area contributed by atoms with Crippen LogP contribution in [-0.4, -0.2) is 11.3 Å². The molecule has 0 bridgehead atoms. The first kappa shape index (κ1) is 14.2. The van der Waals surface area contributed by atoms with E-state index >= 15 is 0 Å². The molecule has 0 fully saturated rings. The van der Waals surface area contributed by atoms with Gasteiger partial charge in [0.1, 0.15) is 0 Å². The minimum Gasteiger partial charge on any atom is -0.375 e. The van der Waals surface area contributed by atoms with Crippen LogP contribution in [0.3, 0.4) is 0 Å². The van der Waals surface area contributed by atoms with Gasteiger partial charge in [0.05, 0.1) is 5.69 Å². The maximum Gasteiger partial charge on any atom is 0.150 e. The predicted molar refractivity (Wildman–Crippen MR) is 90.5 cm³/mol. The van der Waals surface area contributed by atoms with Crippen LogP contribution in [0.5, 0.6) is 0 Å². The van der Waals surface area contributed by atoms with Crippen LogP contribution in [0, 0.1) is 0 Å². The van der Waals surface area contributed by atoms with Gasteiger partial charge in [0.25, 0.3) is 0 Å². The van der Waals surface area contributed by atoms with Crippen LogP contribution in [0.2, 0.25) is 0 Å². The highest BCUT2D eigenvalue weighted by molar-refractivity contribution is 5.79. The molecule has 2 heteroatoms. The van der Waals surface area contributed by atoms with Gasteiger partial charge in [-0.2, -0.15) is 0 Å². The Bertz CT molecular complexity index is 697. The smallest absolute Gasteiger partial charge is 0.150 e. The SMILES string of the molecule is OC(C=Nc1ccccc1)(c1ccccc1)c1ccccc1. The van der Waals surface area contributed by atoms with Gasteiger partial charge < -0.3 is 5.11 Å². The summed E-state index contributed by atoms with van der Waals surface area (Å²) in [5, 5.41) is 11.3. The molecule has 108 valence electrons. The zero-order chi connectivity index (χ0) is 15.3. The number of rotatable bonds is 4. The first-order valence-electron chi connectivity index (χ1n) is 7.23. The molecule has 0 unspecified atom stereocenters. The highest BCUT2D eigenvalue weighted by Crippen LogP contribution is 2.28. The van der Waals surface area contributed by atoms with Crippen LogP contribution in [0.15, 0.2) is 96.0 Å². The monoisotopic (exact) mass is 287 g/mol. The molecule has 0 atom stereocenters. The number of aliphatic imine (C=N–C) groups is 1. The van der Waals surface area contributed by atoms with E-state index in [1.807, 2.05) is 91.0 Å². The number of benzene rings is 3. The molecule has 0 heterocycles. The first-order chi connectivity index (χ1) is 10.8. The van der Waals surface area contributed by atoms with Crippen molar-refractivity contribution < 1.29 is 5.11 Å². The molecular weight excluding hydrogens is 270 g/mol. The van der Waals surface area contributed by atoms with Gasteiger partial charge in [-0.1, -0.05) is 78.9 Å². The number of hydrogen-bond donors (Lipinski definition) is 1. The summed E-state index contributed by atoms with van der Waals surface area (Å²) in [6, 6.07) is 28.8. The summed E-state index contributed by atoms with van der Waals surface area (Å²) in [6.45, 7) is 0. The van der Waals surface area contributed by atoms with Crippen molar-refractivity contribution in [1.82, 2.24) is 0 Å². The van der Waals surface area contributed by atoms with E-state index in [4.69, 9.17) is 0 Å². The summed E-state index contributed by atoms with van der Waals surface area (Å²) in [5.41, 5.74) is 1.15. The molecule has 0 aromatic heterocycles. The molecule has 0 aliphatic heterocycles. The molecule has 3 rings (SSSR count). The molecule has 3 aromatic rings. The Hall–Kier alpha value is -2.71. The van der Waals surface area contributed by atoms with Crippen LogP contribution < -0.4 is 0 Å². The van der Waals surface area contributed by atoms with E-state index in [0.29, 0.717) is 0 Å². The van der Waals surface area contributed by atoms with Gasteiger partial charge in [-0.15, -0.1) is 0 Å². The summed E-state index contributed by atoms with van der Waals surface area (Å²) in [7, 11) is 0. The Morgan fingerprint density at radius 2 is 1.05 bits per heavy atom. The van der Waals surface area contributed by atoms with E-state index in [1.165, 1.54) is 0 Å². The first-order valence-corrected chi connectivity index (χ1v) is 7.23. The normalized spacial score (nSPS) is 11.7. The quantitative estimate of drug-likeness (QED) is 0.712. The Kier molecular flexibility index (Phi) is 4.12. The second kappa shape index (κ2) is 6.37. The maximum absolute atomic E-state index is 11.3. The largest absolute Gasteiger partial charge is 0.375 e. The van der Waals surface area contributed by atoms with E-state index in [9.17, 15) is 5.11 Å². The lowest BCUT2D eigenvalue weighted by Crippen LogP contribution is -2.29. The third-order valence-electron chi connectivity index (χ3n) is 3.58. The topological polar surface area (TPSA) is 32.6 Å². The molecule has 3 aromatic carbocycles. The Morgan fingerprint density at radius 3 is 1.50 bits per heavy atom. The molecule has 0 spiro atoms. The van der Waals surface area contributed by atoms with Crippen LogP contribution >= 0.6 is 0 Å².